The number of aromatic nitrogens is 2. The average Bonchev–Trinajstić information content (AvgIpc) is 2.94. The van der Waals surface area contributed by atoms with E-state index in [0.717, 1.165) is 0 Å². The Labute approximate surface area is 107 Å². The van der Waals surface area contributed by atoms with Crippen LogP contribution in [0.5, 0.6) is 0 Å². The number of rotatable bonds is 2. The molecule has 1 aliphatic rings. The van der Waals surface area contributed by atoms with Crippen molar-refractivity contribution in [2.75, 3.05) is 6.61 Å². The number of aromatic amines is 2. The van der Waals surface area contributed by atoms with E-state index >= 15 is 0 Å². The lowest BCUT2D eigenvalue weighted by Gasteiger charge is -2.15. The lowest BCUT2D eigenvalue weighted by Crippen LogP contribution is -2.35. The second-order valence-electron chi connectivity index (χ2n) is 4.75. The van der Waals surface area contributed by atoms with Gasteiger partial charge in [-0.3, -0.25) is 4.79 Å². The zero-order chi connectivity index (χ0) is 13.6. The van der Waals surface area contributed by atoms with Gasteiger partial charge >= 0.3 is 0 Å². The monoisotopic (exact) mass is 265 g/mol. The molecule has 3 heterocycles. The molecule has 1 fully saturated rings. The Kier molecular flexibility index (Phi) is 2.90. The third-order valence-electron chi connectivity index (χ3n) is 3.67. The summed E-state index contributed by atoms with van der Waals surface area (Å²) in [5.41, 5.74) is 0.882. The van der Waals surface area contributed by atoms with Gasteiger partial charge in [0.05, 0.1) is 24.8 Å². The van der Waals surface area contributed by atoms with Crippen LogP contribution in [-0.2, 0) is 0 Å². The van der Waals surface area contributed by atoms with Gasteiger partial charge < -0.3 is 30.6 Å². The zero-order valence-corrected chi connectivity index (χ0v) is 10.00. The quantitative estimate of drug-likeness (QED) is 0.398. The van der Waals surface area contributed by atoms with Crippen LogP contribution in [0.1, 0.15) is 11.6 Å². The second-order valence-corrected chi connectivity index (χ2v) is 4.75. The molecular weight excluding hydrogens is 250 g/mol. The fourth-order valence-electron chi connectivity index (χ4n) is 2.64. The highest BCUT2D eigenvalue weighted by Gasteiger charge is 2.42. The van der Waals surface area contributed by atoms with E-state index in [2.05, 4.69) is 15.3 Å². The first-order valence-electron chi connectivity index (χ1n) is 6.05. The van der Waals surface area contributed by atoms with E-state index in [4.69, 9.17) is 5.11 Å². The Morgan fingerprint density at radius 1 is 1.21 bits per heavy atom. The van der Waals surface area contributed by atoms with E-state index in [1.807, 2.05) is 0 Å². The summed E-state index contributed by atoms with van der Waals surface area (Å²) in [4.78, 5) is 17.0. The maximum atomic E-state index is 11.6. The maximum absolute atomic E-state index is 11.6. The average molecular weight is 265 g/mol. The molecule has 102 valence electrons. The van der Waals surface area contributed by atoms with Crippen LogP contribution in [0.4, 0.5) is 0 Å². The number of H-pyrrole nitrogens is 2. The molecule has 2 aromatic heterocycles. The summed E-state index contributed by atoms with van der Waals surface area (Å²) < 4.78 is 0. The molecule has 0 aromatic carbocycles. The molecule has 3 rings (SSSR count). The molecule has 1 aliphatic heterocycles. The predicted molar refractivity (Wildman–Crippen MR) is 67.7 cm³/mol. The Morgan fingerprint density at radius 2 is 2.00 bits per heavy atom. The SMILES string of the molecule is O=c1[nH]ccc2c([C@@H]3N[C@H](CO)[C@@H](O)[C@H]3O)c[nH]c12. The van der Waals surface area contributed by atoms with Gasteiger partial charge in [0.1, 0.15) is 11.6 Å². The van der Waals surface area contributed by atoms with E-state index in [-0.39, 0.29) is 12.2 Å². The van der Waals surface area contributed by atoms with Crippen LogP contribution < -0.4 is 10.9 Å². The van der Waals surface area contributed by atoms with Crippen molar-refractivity contribution in [1.29, 1.82) is 0 Å². The van der Waals surface area contributed by atoms with Crippen LogP contribution >= 0.6 is 0 Å². The number of fused-ring (bicyclic) bond motifs is 1. The predicted octanol–water partition coefficient (Wildman–Crippen LogP) is -1.42. The van der Waals surface area contributed by atoms with E-state index in [0.29, 0.717) is 16.5 Å². The molecule has 0 radical (unpaired) electrons. The smallest absolute Gasteiger partial charge is 0.272 e. The van der Waals surface area contributed by atoms with Crippen molar-refractivity contribution in [2.24, 2.45) is 0 Å². The van der Waals surface area contributed by atoms with Crippen LogP contribution in [0.25, 0.3) is 10.9 Å². The summed E-state index contributed by atoms with van der Waals surface area (Å²) in [6, 6.07) is 0.630. The molecule has 0 saturated carbocycles. The van der Waals surface area contributed by atoms with Gasteiger partial charge in [-0.1, -0.05) is 0 Å². The molecule has 4 atom stereocenters. The fourth-order valence-corrected chi connectivity index (χ4v) is 2.64. The van der Waals surface area contributed by atoms with Crippen LogP contribution in [0.3, 0.4) is 0 Å². The summed E-state index contributed by atoms with van der Waals surface area (Å²) in [5.74, 6) is 0. The van der Waals surface area contributed by atoms with Crippen LogP contribution in [0.15, 0.2) is 23.3 Å². The maximum Gasteiger partial charge on any atom is 0.272 e. The Morgan fingerprint density at radius 3 is 2.68 bits per heavy atom. The molecule has 6 N–H and O–H groups in total. The first-order valence-corrected chi connectivity index (χ1v) is 6.05. The molecule has 7 heteroatoms. The number of hydrogen-bond donors (Lipinski definition) is 6. The summed E-state index contributed by atoms with van der Waals surface area (Å²) >= 11 is 0. The van der Waals surface area contributed by atoms with E-state index in [1.165, 1.54) is 6.20 Å². The highest BCUT2D eigenvalue weighted by molar-refractivity contribution is 5.82. The van der Waals surface area contributed by atoms with Gasteiger partial charge in [-0.2, -0.15) is 0 Å². The number of aliphatic hydroxyl groups is 3. The summed E-state index contributed by atoms with van der Waals surface area (Å²) in [5, 5.41) is 32.6. The first kappa shape index (κ1) is 12.4. The normalized spacial score (nSPS) is 31.1. The van der Waals surface area contributed by atoms with E-state index in [9.17, 15) is 15.0 Å². The number of nitrogens with one attached hydrogen (secondary N) is 3. The van der Waals surface area contributed by atoms with Gasteiger partial charge in [0, 0.05) is 17.8 Å². The van der Waals surface area contributed by atoms with Crippen molar-refractivity contribution in [3.05, 3.63) is 34.4 Å². The van der Waals surface area contributed by atoms with Crippen molar-refractivity contribution < 1.29 is 15.3 Å². The fraction of sp³-hybridized carbons (Fsp3) is 0.417. The van der Waals surface area contributed by atoms with Gasteiger partial charge in [-0.25, -0.2) is 0 Å². The highest BCUT2D eigenvalue weighted by Crippen LogP contribution is 2.31. The largest absolute Gasteiger partial charge is 0.395 e. The number of hydrogen-bond acceptors (Lipinski definition) is 5. The molecular formula is C12H15N3O4. The molecule has 2 aromatic rings. The Balaban J connectivity index is 2.06. The number of aliphatic hydroxyl groups excluding tert-OH is 3. The van der Waals surface area contributed by atoms with Gasteiger partial charge in [0.25, 0.3) is 5.56 Å². The topological polar surface area (TPSA) is 121 Å². The third-order valence-corrected chi connectivity index (χ3v) is 3.67. The summed E-state index contributed by atoms with van der Waals surface area (Å²) in [7, 11) is 0. The third kappa shape index (κ3) is 1.79. The summed E-state index contributed by atoms with van der Waals surface area (Å²) in [6.07, 6.45) is 1.09. The Hall–Kier alpha value is -1.67. The molecule has 1 saturated heterocycles. The van der Waals surface area contributed by atoms with E-state index < -0.39 is 24.3 Å². The number of pyridine rings is 1. The van der Waals surface area contributed by atoms with Crippen molar-refractivity contribution in [2.45, 2.75) is 24.3 Å². The minimum atomic E-state index is -1.04. The molecule has 0 unspecified atom stereocenters. The molecule has 0 aliphatic carbocycles. The van der Waals surface area contributed by atoms with Crippen molar-refractivity contribution in [3.63, 3.8) is 0 Å². The molecule has 19 heavy (non-hydrogen) atoms. The summed E-state index contributed by atoms with van der Waals surface area (Å²) in [6.45, 7) is -0.266. The van der Waals surface area contributed by atoms with Gasteiger partial charge in [0.15, 0.2) is 0 Å². The van der Waals surface area contributed by atoms with Gasteiger partial charge in [-0.05, 0) is 11.6 Å². The second kappa shape index (κ2) is 4.46. The van der Waals surface area contributed by atoms with Crippen molar-refractivity contribution >= 4 is 10.9 Å². The standard InChI is InChI=1S/C12H15N3O4/c16-4-7-10(17)11(18)8(15-7)6-3-14-9-5(6)1-2-13-12(9)19/h1-3,7-8,10-11,14-18H,4H2,(H,13,19)/t7-,8+,10-,11+/m1/s1. The lowest BCUT2D eigenvalue weighted by molar-refractivity contribution is 0.0196. The molecule has 0 bridgehead atoms. The van der Waals surface area contributed by atoms with E-state index in [1.54, 1.807) is 12.3 Å². The molecule has 7 nitrogen and oxygen atoms in total. The van der Waals surface area contributed by atoms with Crippen LogP contribution in [0, 0.1) is 0 Å². The molecule has 0 amide bonds. The highest BCUT2D eigenvalue weighted by atomic mass is 16.3. The van der Waals surface area contributed by atoms with Gasteiger partial charge in [-0.15, -0.1) is 0 Å². The van der Waals surface area contributed by atoms with Crippen LogP contribution in [-0.4, -0.2) is 50.1 Å². The van der Waals surface area contributed by atoms with Gasteiger partial charge in [0.2, 0.25) is 0 Å². The van der Waals surface area contributed by atoms with Crippen molar-refractivity contribution in [1.82, 2.24) is 15.3 Å². The van der Waals surface area contributed by atoms with Crippen LogP contribution in [0.2, 0.25) is 0 Å². The molecule has 0 spiro atoms. The Bertz CT molecular complexity index is 650. The lowest BCUT2D eigenvalue weighted by atomic mass is 10.0. The minimum absolute atomic E-state index is 0.240. The van der Waals surface area contributed by atoms with Crippen molar-refractivity contribution in [3.8, 4) is 0 Å². The minimum Gasteiger partial charge on any atom is -0.395 e. The first-order chi connectivity index (χ1) is 9.13. The zero-order valence-electron chi connectivity index (χ0n) is 10.00.